The minimum Gasteiger partial charge on any atom is -0.296 e. The predicted octanol–water partition coefficient (Wildman–Crippen LogP) is 3.99. The van der Waals surface area contributed by atoms with Crippen molar-refractivity contribution in [2.75, 3.05) is 0 Å². The van der Waals surface area contributed by atoms with Crippen molar-refractivity contribution in [3.8, 4) is 10.6 Å². The number of aryl methyl sites for hydroxylation is 3. The number of thiophene rings is 1. The van der Waals surface area contributed by atoms with Gasteiger partial charge in [0.1, 0.15) is 5.65 Å². The molecule has 0 aliphatic rings. The molecule has 0 atom stereocenters. The van der Waals surface area contributed by atoms with Crippen LogP contribution in [0.4, 0.5) is 0 Å². The lowest BCUT2D eigenvalue weighted by Crippen LogP contribution is -1.94. The molecule has 3 rings (SSSR count). The van der Waals surface area contributed by atoms with Crippen molar-refractivity contribution in [1.29, 1.82) is 0 Å². The minimum atomic E-state index is 1.04. The first-order valence-corrected chi connectivity index (χ1v) is 6.55. The van der Waals surface area contributed by atoms with Crippen LogP contribution in [0.5, 0.6) is 0 Å². The predicted molar refractivity (Wildman–Crippen MR) is 72.7 cm³/mol. The molecule has 0 unspecified atom stereocenters. The smallest absolute Gasteiger partial charge is 0.138 e. The number of pyridine rings is 1. The van der Waals surface area contributed by atoms with Gasteiger partial charge in [-0.15, -0.1) is 11.3 Å². The standard InChI is InChI=1S/C14H14N2S/c1-9-7-10(2)16-13(8-9)15-11(3)14(16)12-5-4-6-17-12/h4-8H,1-3H3. The lowest BCUT2D eigenvalue weighted by atomic mass is 10.2. The van der Waals surface area contributed by atoms with Crippen LogP contribution in [0, 0.1) is 20.8 Å². The van der Waals surface area contributed by atoms with E-state index in [0.717, 1.165) is 11.3 Å². The van der Waals surface area contributed by atoms with Crippen molar-refractivity contribution < 1.29 is 0 Å². The fourth-order valence-electron chi connectivity index (χ4n) is 2.35. The number of rotatable bonds is 1. The molecule has 86 valence electrons. The van der Waals surface area contributed by atoms with Crippen molar-refractivity contribution in [2.45, 2.75) is 20.8 Å². The molecular weight excluding hydrogens is 228 g/mol. The highest BCUT2D eigenvalue weighted by Gasteiger charge is 2.13. The summed E-state index contributed by atoms with van der Waals surface area (Å²) < 4.78 is 2.24. The van der Waals surface area contributed by atoms with E-state index < -0.39 is 0 Å². The molecule has 0 saturated heterocycles. The van der Waals surface area contributed by atoms with Gasteiger partial charge in [-0.25, -0.2) is 4.98 Å². The minimum absolute atomic E-state index is 1.04. The summed E-state index contributed by atoms with van der Waals surface area (Å²) in [6.07, 6.45) is 0. The second-order valence-electron chi connectivity index (χ2n) is 4.39. The fourth-order valence-corrected chi connectivity index (χ4v) is 3.16. The Bertz CT molecular complexity index is 678. The zero-order valence-corrected chi connectivity index (χ0v) is 11.0. The molecule has 0 radical (unpaired) electrons. The molecule has 0 aliphatic carbocycles. The Labute approximate surface area is 105 Å². The number of aromatic nitrogens is 2. The topological polar surface area (TPSA) is 17.3 Å². The van der Waals surface area contributed by atoms with E-state index in [-0.39, 0.29) is 0 Å². The highest BCUT2D eigenvalue weighted by Crippen LogP contribution is 2.30. The maximum absolute atomic E-state index is 4.66. The number of hydrogen-bond donors (Lipinski definition) is 0. The van der Waals surface area contributed by atoms with E-state index in [1.807, 2.05) is 0 Å². The molecule has 0 fully saturated rings. The van der Waals surface area contributed by atoms with E-state index in [4.69, 9.17) is 0 Å². The maximum atomic E-state index is 4.66. The molecule has 2 nitrogen and oxygen atoms in total. The van der Waals surface area contributed by atoms with Gasteiger partial charge in [-0.3, -0.25) is 4.40 Å². The van der Waals surface area contributed by atoms with Crippen LogP contribution in [0.25, 0.3) is 16.2 Å². The van der Waals surface area contributed by atoms with Gasteiger partial charge in [0.25, 0.3) is 0 Å². The quantitative estimate of drug-likeness (QED) is 0.630. The lowest BCUT2D eigenvalue weighted by Gasteiger charge is -2.05. The molecule has 3 aromatic rings. The van der Waals surface area contributed by atoms with Gasteiger partial charge in [-0.1, -0.05) is 6.07 Å². The summed E-state index contributed by atoms with van der Waals surface area (Å²) in [5.74, 6) is 0. The van der Waals surface area contributed by atoms with Crippen LogP contribution in [-0.2, 0) is 0 Å². The van der Waals surface area contributed by atoms with Gasteiger partial charge in [-0.05, 0) is 49.9 Å². The van der Waals surface area contributed by atoms with Crippen LogP contribution in [-0.4, -0.2) is 9.38 Å². The van der Waals surface area contributed by atoms with Gasteiger partial charge in [0.05, 0.1) is 16.3 Å². The summed E-state index contributed by atoms with van der Waals surface area (Å²) in [5, 5.41) is 2.11. The van der Waals surface area contributed by atoms with Crippen molar-refractivity contribution >= 4 is 17.0 Å². The Kier molecular flexibility index (Phi) is 2.30. The Balaban J connectivity index is 2.42. The second kappa shape index (κ2) is 3.70. The lowest BCUT2D eigenvalue weighted by molar-refractivity contribution is 1.09. The molecule has 0 bridgehead atoms. The molecule has 0 aromatic carbocycles. The third kappa shape index (κ3) is 1.58. The van der Waals surface area contributed by atoms with Gasteiger partial charge >= 0.3 is 0 Å². The Morgan fingerprint density at radius 2 is 2.00 bits per heavy atom. The molecule has 3 aromatic heterocycles. The largest absolute Gasteiger partial charge is 0.296 e. The Morgan fingerprint density at radius 3 is 2.71 bits per heavy atom. The number of imidazole rings is 1. The first-order chi connectivity index (χ1) is 8.16. The molecule has 0 saturated carbocycles. The third-order valence-corrected chi connectivity index (χ3v) is 3.85. The van der Waals surface area contributed by atoms with Crippen LogP contribution >= 0.6 is 11.3 Å². The van der Waals surface area contributed by atoms with Crippen LogP contribution < -0.4 is 0 Å². The zero-order chi connectivity index (χ0) is 12.0. The average Bonchev–Trinajstić information content (AvgIpc) is 2.83. The van der Waals surface area contributed by atoms with Crippen molar-refractivity contribution in [3.05, 3.63) is 46.6 Å². The number of hydrogen-bond acceptors (Lipinski definition) is 2. The van der Waals surface area contributed by atoms with Crippen LogP contribution in [0.2, 0.25) is 0 Å². The van der Waals surface area contributed by atoms with E-state index in [0.29, 0.717) is 0 Å². The van der Waals surface area contributed by atoms with Crippen LogP contribution in [0.15, 0.2) is 29.6 Å². The van der Waals surface area contributed by atoms with Crippen LogP contribution in [0.3, 0.4) is 0 Å². The van der Waals surface area contributed by atoms with Gasteiger partial charge in [0.15, 0.2) is 0 Å². The third-order valence-electron chi connectivity index (χ3n) is 2.98. The van der Waals surface area contributed by atoms with E-state index in [2.05, 4.69) is 59.8 Å². The number of nitrogens with zero attached hydrogens (tertiary/aromatic N) is 2. The maximum Gasteiger partial charge on any atom is 0.138 e. The second-order valence-corrected chi connectivity index (χ2v) is 5.34. The van der Waals surface area contributed by atoms with E-state index in [9.17, 15) is 0 Å². The molecule has 0 spiro atoms. The Hall–Kier alpha value is -1.61. The van der Waals surface area contributed by atoms with Crippen molar-refractivity contribution in [2.24, 2.45) is 0 Å². The fraction of sp³-hybridized carbons (Fsp3) is 0.214. The highest BCUT2D eigenvalue weighted by atomic mass is 32.1. The monoisotopic (exact) mass is 242 g/mol. The van der Waals surface area contributed by atoms with Gasteiger partial charge in [0, 0.05) is 5.69 Å². The molecule has 3 heteroatoms. The number of fused-ring (bicyclic) bond motifs is 1. The van der Waals surface area contributed by atoms with Crippen molar-refractivity contribution in [1.82, 2.24) is 9.38 Å². The van der Waals surface area contributed by atoms with E-state index >= 15 is 0 Å². The first-order valence-electron chi connectivity index (χ1n) is 5.67. The van der Waals surface area contributed by atoms with Gasteiger partial charge in [-0.2, -0.15) is 0 Å². The van der Waals surface area contributed by atoms with Crippen molar-refractivity contribution in [3.63, 3.8) is 0 Å². The van der Waals surface area contributed by atoms with Gasteiger partial charge in [0.2, 0.25) is 0 Å². The highest BCUT2D eigenvalue weighted by molar-refractivity contribution is 7.13. The van der Waals surface area contributed by atoms with Crippen LogP contribution in [0.1, 0.15) is 17.0 Å². The summed E-state index contributed by atoms with van der Waals surface area (Å²) in [4.78, 5) is 5.94. The van der Waals surface area contributed by atoms with E-state index in [1.165, 1.54) is 21.8 Å². The molecule has 0 N–H and O–H groups in total. The molecule has 0 aliphatic heterocycles. The Morgan fingerprint density at radius 1 is 1.18 bits per heavy atom. The van der Waals surface area contributed by atoms with Gasteiger partial charge < -0.3 is 0 Å². The average molecular weight is 242 g/mol. The normalized spacial score (nSPS) is 11.2. The molecule has 3 heterocycles. The summed E-state index contributed by atoms with van der Waals surface area (Å²) in [7, 11) is 0. The first kappa shape index (κ1) is 10.5. The summed E-state index contributed by atoms with van der Waals surface area (Å²) in [5.41, 5.74) is 5.87. The van der Waals surface area contributed by atoms with E-state index in [1.54, 1.807) is 11.3 Å². The summed E-state index contributed by atoms with van der Waals surface area (Å²) in [6, 6.07) is 8.57. The summed E-state index contributed by atoms with van der Waals surface area (Å²) in [6.45, 7) is 6.33. The summed E-state index contributed by atoms with van der Waals surface area (Å²) >= 11 is 1.76. The molecule has 0 amide bonds. The zero-order valence-electron chi connectivity index (χ0n) is 10.2. The SMILES string of the molecule is Cc1cc(C)n2c(-c3cccs3)c(C)nc2c1. The molecular formula is C14H14N2S. The molecule has 17 heavy (non-hydrogen) atoms.